The molecule has 0 bridgehead atoms. The summed E-state index contributed by atoms with van der Waals surface area (Å²) in [5, 5.41) is 0. The summed E-state index contributed by atoms with van der Waals surface area (Å²) < 4.78 is 0. The number of rotatable bonds is 5. The maximum atomic E-state index is 12.3. The molecule has 4 heteroatoms. The molecule has 2 aliphatic heterocycles. The molecule has 2 rings (SSSR count). The van der Waals surface area contributed by atoms with Crippen molar-refractivity contribution in [2.75, 3.05) is 39.3 Å². The summed E-state index contributed by atoms with van der Waals surface area (Å²) in [4.78, 5) is 19.3. The largest absolute Gasteiger partial charge is 0.342 e. The van der Waals surface area contributed by atoms with Crippen LogP contribution in [0.4, 0.5) is 0 Å². The number of hydrogen-bond acceptors (Lipinski definition) is 3. The number of amides is 1. The predicted octanol–water partition coefficient (Wildman–Crippen LogP) is 1.41. The molecule has 2 fully saturated rings. The van der Waals surface area contributed by atoms with Crippen molar-refractivity contribution in [2.24, 2.45) is 0 Å². The Bertz CT molecular complexity index is 304. The van der Waals surface area contributed by atoms with Gasteiger partial charge in [-0.25, -0.2) is 0 Å². The summed E-state index contributed by atoms with van der Waals surface area (Å²) in [7, 11) is 0. The molecule has 110 valence electrons. The lowest BCUT2D eigenvalue weighted by Gasteiger charge is -2.43. The fraction of sp³-hybridized carbons (Fsp3) is 0.933. The van der Waals surface area contributed by atoms with Crippen LogP contribution in [0.5, 0.6) is 0 Å². The lowest BCUT2D eigenvalue weighted by Crippen LogP contribution is -2.57. The number of fused-ring (bicyclic) bond motifs is 1. The summed E-state index contributed by atoms with van der Waals surface area (Å²) >= 11 is 0. The first-order valence-electron chi connectivity index (χ1n) is 7.95. The highest BCUT2D eigenvalue weighted by Crippen LogP contribution is 2.25. The first kappa shape index (κ1) is 14.8. The summed E-state index contributed by atoms with van der Waals surface area (Å²) in [5.41, 5.74) is 0. The monoisotopic (exact) mass is 267 g/mol. The van der Waals surface area contributed by atoms with Gasteiger partial charge in [0.2, 0.25) is 5.91 Å². The Hall–Kier alpha value is -0.610. The van der Waals surface area contributed by atoms with E-state index in [0.717, 1.165) is 32.6 Å². The zero-order chi connectivity index (χ0) is 13.8. The van der Waals surface area contributed by atoms with E-state index < -0.39 is 0 Å². The average Bonchev–Trinajstić information content (AvgIpc) is 2.86. The summed E-state index contributed by atoms with van der Waals surface area (Å²) in [5.74, 6) is 0.301. The SMILES string of the molecule is CC[C@@H]1CN2CCC[C@@H]2CN1CC(=O)N(CC)CC. The lowest BCUT2D eigenvalue weighted by atomic mass is 10.1. The normalized spacial score (nSPS) is 28.4. The van der Waals surface area contributed by atoms with Crippen molar-refractivity contribution in [2.45, 2.75) is 52.1 Å². The molecule has 2 saturated heterocycles. The van der Waals surface area contributed by atoms with Crippen LogP contribution in [0.15, 0.2) is 0 Å². The Morgan fingerprint density at radius 2 is 1.95 bits per heavy atom. The maximum Gasteiger partial charge on any atom is 0.236 e. The third kappa shape index (κ3) is 3.29. The van der Waals surface area contributed by atoms with Crippen molar-refractivity contribution < 1.29 is 4.79 Å². The van der Waals surface area contributed by atoms with Crippen molar-refractivity contribution in [3.63, 3.8) is 0 Å². The van der Waals surface area contributed by atoms with Crippen molar-refractivity contribution >= 4 is 5.91 Å². The molecule has 1 amide bonds. The van der Waals surface area contributed by atoms with Gasteiger partial charge in [-0.05, 0) is 39.7 Å². The molecule has 0 aliphatic carbocycles. The smallest absolute Gasteiger partial charge is 0.236 e. The van der Waals surface area contributed by atoms with Gasteiger partial charge in [-0.2, -0.15) is 0 Å². The maximum absolute atomic E-state index is 12.3. The number of nitrogens with zero attached hydrogens (tertiary/aromatic N) is 3. The summed E-state index contributed by atoms with van der Waals surface area (Å²) in [6.07, 6.45) is 3.79. The van der Waals surface area contributed by atoms with E-state index in [0.29, 0.717) is 24.5 Å². The minimum Gasteiger partial charge on any atom is -0.342 e. The molecular formula is C15H29N3O. The standard InChI is InChI=1S/C15H29N3O/c1-4-13-10-17-9-7-8-14(17)11-18(13)12-15(19)16(5-2)6-3/h13-14H,4-12H2,1-3H3/t13-,14-/m1/s1. The van der Waals surface area contributed by atoms with E-state index in [4.69, 9.17) is 0 Å². The van der Waals surface area contributed by atoms with Gasteiger partial charge in [0.15, 0.2) is 0 Å². The second-order valence-corrected chi connectivity index (χ2v) is 5.85. The zero-order valence-electron chi connectivity index (χ0n) is 12.8. The number of piperazine rings is 1. The van der Waals surface area contributed by atoms with Crippen LogP contribution < -0.4 is 0 Å². The van der Waals surface area contributed by atoms with E-state index in [9.17, 15) is 4.79 Å². The summed E-state index contributed by atoms with van der Waals surface area (Å²) in [6, 6.07) is 1.26. The topological polar surface area (TPSA) is 26.8 Å². The van der Waals surface area contributed by atoms with Crippen LogP contribution in [0.1, 0.15) is 40.0 Å². The Morgan fingerprint density at radius 3 is 2.58 bits per heavy atom. The first-order valence-corrected chi connectivity index (χ1v) is 7.95. The third-order valence-electron chi connectivity index (χ3n) is 4.83. The van der Waals surface area contributed by atoms with Gasteiger partial charge in [-0.3, -0.25) is 14.6 Å². The molecule has 0 spiro atoms. The molecule has 2 atom stereocenters. The van der Waals surface area contributed by atoms with Gasteiger partial charge in [-0.1, -0.05) is 6.92 Å². The Kier molecular flexibility index (Phi) is 5.22. The van der Waals surface area contributed by atoms with E-state index in [-0.39, 0.29) is 0 Å². The van der Waals surface area contributed by atoms with Gasteiger partial charge < -0.3 is 4.90 Å². The van der Waals surface area contributed by atoms with Gasteiger partial charge in [0.1, 0.15) is 0 Å². The van der Waals surface area contributed by atoms with Crippen LogP contribution in [-0.2, 0) is 4.79 Å². The number of carbonyl (C=O) groups is 1. The quantitative estimate of drug-likeness (QED) is 0.753. The van der Waals surface area contributed by atoms with E-state index in [1.165, 1.54) is 19.4 Å². The fourth-order valence-electron chi connectivity index (χ4n) is 3.58. The van der Waals surface area contributed by atoms with E-state index in [2.05, 4.69) is 30.6 Å². The van der Waals surface area contributed by atoms with E-state index in [1.54, 1.807) is 0 Å². The van der Waals surface area contributed by atoms with Gasteiger partial charge >= 0.3 is 0 Å². The molecule has 0 N–H and O–H groups in total. The molecule has 0 aromatic rings. The molecule has 4 nitrogen and oxygen atoms in total. The lowest BCUT2D eigenvalue weighted by molar-refractivity contribution is -0.133. The van der Waals surface area contributed by atoms with Crippen molar-refractivity contribution in [3.05, 3.63) is 0 Å². The molecule has 2 heterocycles. The van der Waals surface area contributed by atoms with Gasteiger partial charge in [0, 0.05) is 38.3 Å². The molecule has 19 heavy (non-hydrogen) atoms. The van der Waals surface area contributed by atoms with Gasteiger partial charge in [0.05, 0.1) is 6.54 Å². The van der Waals surface area contributed by atoms with Crippen LogP contribution in [-0.4, -0.2) is 72.0 Å². The predicted molar refractivity (Wildman–Crippen MR) is 78.2 cm³/mol. The Balaban J connectivity index is 1.95. The van der Waals surface area contributed by atoms with Crippen LogP contribution in [0, 0.1) is 0 Å². The highest BCUT2D eigenvalue weighted by atomic mass is 16.2. The molecule has 0 unspecified atom stereocenters. The van der Waals surface area contributed by atoms with Gasteiger partial charge in [-0.15, -0.1) is 0 Å². The Morgan fingerprint density at radius 1 is 1.21 bits per heavy atom. The van der Waals surface area contributed by atoms with Gasteiger partial charge in [0.25, 0.3) is 0 Å². The summed E-state index contributed by atoms with van der Waals surface area (Å²) in [6.45, 7) is 12.2. The molecule has 0 radical (unpaired) electrons. The second kappa shape index (κ2) is 6.71. The molecule has 0 aromatic carbocycles. The zero-order valence-corrected chi connectivity index (χ0v) is 12.8. The molecular weight excluding hydrogens is 238 g/mol. The minimum absolute atomic E-state index is 0.301. The number of carbonyl (C=O) groups excluding carboxylic acids is 1. The van der Waals surface area contributed by atoms with Crippen LogP contribution in [0.2, 0.25) is 0 Å². The highest BCUT2D eigenvalue weighted by Gasteiger charge is 2.36. The fourth-order valence-corrected chi connectivity index (χ4v) is 3.58. The average molecular weight is 267 g/mol. The Labute approximate surface area is 117 Å². The highest BCUT2D eigenvalue weighted by molar-refractivity contribution is 5.78. The number of likely N-dealkylation sites (N-methyl/N-ethyl adjacent to an activating group) is 1. The molecule has 0 aromatic heterocycles. The van der Waals surface area contributed by atoms with E-state index in [1.807, 2.05) is 4.90 Å². The van der Waals surface area contributed by atoms with Crippen LogP contribution in [0.25, 0.3) is 0 Å². The minimum atomic E-state index is 0.301. The number of hydrogen-bond donors (Lipinski definition) is 0. The van der Waals surface area contributed by atoms with Crippen LogP contribution >= 0.6 is 0 Å². The van der Waals surface area contributed by atoms with Crippen molar-refractivity contribution in [3.8, 4) is 0 Å². The second-order valence-electron chi connectivity index (χ2n) is 5.85. The van der Waals surface area contributed by atoms with E-state index >= 15 is 0 Å². The van der Waals surface area contributed by atoms with Crippen molar-refractivity contribution in [1.29, 1.82) is 0 Å². The molecule has 0 saturated carbocycles. The first-order chi connectivity index (χ1) is 9.19. The van der Waals surface area contributed by atoms with Crippen LogP contribution in [0.3, 0.4) is 0 Å². The third-order valence-corrected chi connectivity index (χ3v) is 4.83. The molecule has 2 aliphatic rings. The van der Waals surface area contributed by atoms with Crippen molar-refractivity contribution in [1.82, 2.24) is 14.7 Å².